The zero-order chi connectivity index (χ0) is 13.1. The lowest BCUT2D eigenvalue weighted by Gasteiger charge is -2.10. The lowest BCUT2D eigenvalue weighted by atomic mass is 10.2. The van der Waals surface area contributed by atoms with Crippen LogP contribution in [0.25, 0.3) is 0 Å². The molecule has 0 fully saturated rings. The van der Waals surface area contributed by atoms with Crippen molar-refractivity contribution in [1.29, 1.82) is 0 Å². The fourth-order valence-corrected chi connectivity index (χ4v) is 1.47. The van der Waals surface area contributed by atoms with Gasteiger partial charge in [-0.05, 0) is 18.6 Å². The first-order chi connectivity index (χ1) is 8.60. The molecule has 0 atom stereocenters. The second-order valence-corrected chi connectivity index (χ2v) is 4.04. The van der Waals surface area contributed by atoms with Crippen LogP contribution >= 0.6 is 11.6 Å². The number of hydrogen-bond acceptors (Lipinski definition) is 5. The maximum atomic E-state index is 5.96. The van der Waals surface area contributed by atoms with Gasteiger partial charge in [0.05, 0.1) is 13.3 Å². The predicted octanol–water partition coefficient (Wildman–Crippen LogP) is 2.82. The van der Waals surface area contributed by atoms with Crippen molar-refractivity contribution < 1.29 is 9.47 Å². The molecule has 1 aromatic heterocycles. The van der Waals surface area contributed by atoms with Crippen LogP contribution in [0.2, 0.25) is 5.02 Å². The van der Waals surface area contributed by atoms with Gasteiger partial charge in [0.25, 0.3) is 0 Å². The molecule has 2 N–H and O–H groups in total. The molecule has 0 radical (unpaired) electrons. The minimum absolute atomic E-state index is 0.191. The van der Waals surface area contributed by atoms with Crippen molar-refractivity contribution in [3.63, 3.8) is 0 Å². The Hall–Kier alpha value is -2.01. The standard InChI is InChI=1S/C12H12ClN3O2/c1-7-3-4-8(14)5-10(7)18-11-9(13)6-15-12(16-11)17-2/h3-6H,14H2,1-2H3. The van der Waals surface area contributed by atoms with Crippen molar-refractivity contribution >= 4 is 17.3 Å². The van der Waals surface area contributed by atoms with E-state index in [1.54, 1.807) is 12.1 Å². The summed E-state index contributed by atoms with van der Waals surface area (Å²) in [4.78, 5) is 7.90. The van der Waals surface area contributed by atoms with Crippen molar-refractivity contribution in [2.45, 2.75) is 6.92 Å². The highest BCUT2D eigenvalue weighted by Gasteiger charge is 2.10. The van der Waals surface area contributed by atoms with Crippen LogP contribution in [0.1, 0.15) is 5.56 Å². The molecular weight excluding hydrogens is 254 g/mol. The monoisotopic (exact) mass is 265 g/mol. The first-order valence-corrected chi connectivity index (χ1v) is 5.58. The number of nitrogen functional groups attached to an aromatic ring is 1. The molecule has 1 aromatic carbocycles. The highest BCUT2D eigenvalue weighted by Crippen LogP contribution is 2.30. The van der Waals surface area contributed by atoms with Crippen LogP contribution in [0, 0.1) is 6.92 Å². The van der Waals surface area contributed by atoms with Gasteiger partial charge in [-0.15, -0.1) is 0 Å². The number of aromatic nitrogens is 2. The van der Waals surface area contributed by atoms with Gasteiger partial charge in [-0.1, -0.05) is 17.7 Å². The zero-order valence-electron chi connectivity index (χ0n) is 9.98. The van der Waals surface area contributed by atoms with Gasteiger partial charge in [0.1, 0.15) is 10.8 Å². The Morgan fingerprint density at radius 2 is 2.11 bits per heavy atom. The summed E-state index contributed by atoms with van der Waals surface area (Å²) in [5, 5.41) is 0.303. The third-order valence-corrected chi connectivity index (χ3v) is 2.55. The zero-order valence-corrected chi connectivity index (χ0v) is 10.7. The van der Waals surface area contributed by atoms with Crippen LogP contribution in [-0.2, 0) is 0 Å². The van der Waals surface area contributed by atoms with Gasteiger partial charge in [0.15, 0.2) is 0 Å². The number of nitrogens with zero attached hydrogens (tertiary/aromatic N) is 2. The maximum absolute atomic E-state index is 5.96. The van der Waals surface area contributed by atoms with Gasteiger partial charge in [0, 0.05) is 11.8 Å². The van der Waals surface area contributed by atoms with Crippen molar-refractivity contribution in [3.8, 4) is 17.6 Å². The van der Waals surface area contributed by atoms with Gasteiger partial charge in [0.2, 0.25) is 5.88 Å². The Morgan fingerprint density at radius 3 is 2.83 bits per heavy atom. The fraction of sp³-hybridized carbons (Fsp3) is 0.167. The van der Waals surface area contributed by atoms with E-state index in [9.17, 15) is 0 Å². The molecule has 5 nitrogen and oxygen atoms in total. The number of aryl methyl sites for hydroxylation is 1. The molecule has 0 saturated carbocycles. The number of halogens is 1. The topological polar surface area (TPSA) is 70.3 Å². The SMILES string of the molecule is COc1ncc(Cl)c(Oc2cc(N)ccc2C)n1. The lowest BCUT2D eigenvalue weighted by molar-refractivity contribution is 0.366. The summed E-state index contributed by atoms with van der Waals surface area (Å²) >= 11 is 5.96. The van der Waals surface area contributed by atoms with Gasteiger partial charge < -0.3 is 15.2 Å². The van der Waals surface area contributed by atoms with Gasteiger partial charge in [-0.2, -0.15) is 4.98 Å². The summed E-state index contributed by atoms with van der Waals surface area (Å²) in [5.74, 6) is 0.829. The average molecular weight is 266 g/mol. The van der Waals surface area contributed by atoms with E-state index in [0.29, 0.717) is 16.5 Å². The second-order valence-electron chi connectivity index (χ2n) is 3.64. The molecular formula is C12H12ClN3O2. The number of benzene rings is 1. The first-order valence-electron chi connectivity index (χ1n) is 5.20. The fourth-order valence-electron chi connectivity index (χ4n) is 1.34. The first kappa shape index (κ1) is 12.4. The van der Waals surface area contributed by atoms with E-state index in [2.05, 4.69) is 9.97 Å². The van der Waals surface area contributed by atoms with E-state index in [-0.39, 0.29) is 11.9 Å². The number of hydrogen-bond donors (Lipinski definition) is 1. The largest absolute Gasteiger partial charge is 0.467 e. The Balaban J connectivity index is 2.36. The molecule has 18 heavy (non-hydrogen) atoms. The van der Waals surface area contributed by atoms with Crippen LogP contribution in [0.3, 0.4) is 0 Å². The molecule has 1 heterocycles. The van der Waals surface area contributed by atoms with E-state index in [1.165, 1.54) is 13.3 Å². The number of nitrogens with two attached hydrogens (primary N) is 1. The van der Waals surface area contributed by atoms with Gasteiger partial charge >= 0.3 is 6.01 Å². The highest BCUT2D eigenvalue weighted by atomic mass is 35.5. The Kier molecular flexibility index (Phi) is 3.53. The molecule has 2 rings (SSSR count). The van der Waals surface area contributed by atoms with Crippen molar-refractivity contribution in [2.75, 3.05) is 12.8 Å². The van der Waals surface area contributed by atoms with E-state index in [1.807, 2.05) is 13.0 Å². The van der Waals surface area contributed by atoms with E-state index >= 15 is 0 Å². The molecule has 0 spiro atoms. The Bertz CT molecular complexity index is 575. The average Bonchev–Trinajstić information content (AvgIpc) is 2.36. The van der Waals surface area contributed by atoms with Gasteiger partial charge in [-0.25, -0.2) is 4.98 Å². The molecule has 2 aromatic rings. The molecule has 0 saturated heterocycles. The lowest BCUT2D eigenvalue weighted by Crippen LogP contribution is -1.97. The molecule has 0 bridgehead atoms. The van der Waals surface area contributed by atoms with Crippen LogP contribution in [0.5, 0.6) is 17.6 Å². The van der Waals surface area contributed by atoms with E-state index in [0.717, 1.165) is 5.56 Å². The summed E-state index contributed by atoms with van der Waals surface area (Å²) in [7, 11) is 1.47. The van der Waals surface area contributed by atoms with Gasteiger partial charge in [-0.3, -0.25) is 0 Å². The third-order valence-electron chi connectivity index (χ3n) is 2.29. The highest BCUT2D eigenvalue weighted by molar-refractivity contribution is 6.31. The van der Waals surface area contributed by atoms with E-state index < -0.39 is 0 Å². The van der Waals surface area contributed by atoms with Crippen LogP contribution < -0.4 is 15.2 Å². The molecule has 0 unspecified atom stereocenters. The second kappa shape index (κ2) is 5.10. The molecule has 0 aliphatic rings. The molecule has 6 heteroatoms. The normalized spacial score (nSPS) is 10.2. The summed E-state index contributed by atoms with van der Waals surface area (Å²) in [6, 6.07) is 5.55. The van der Waals surface area contributed by atoms with Crippen molar-refractivity contribution in [1.82, 2.24) is 9.97 Å². The molecule has 94 valence electrons. The number of methoxy groups -OCH3 is 1. The van der Waals surface area contributed by atoms with Crippen LogP contribution in [0.4, 0.5) is 5.69 Å². The summed E-state index contributed by atoms with van der Waals surface area (Å²) in [6.45, 7) is 1.90. The minimum Gasteiger partial charge on any atom is -0.467 e. The Morgan fingerprint density at radius 1 is 1.33 bits per heavy atom. The maximum Gasteiger partial charge on any atom is 0.319 e. The Labute approximate surface area is 110 Å². The van der Waals surface area contributed by atoms with E-state index in [4.69, 9.17) is 26.8 Å². The number of ether oxygens (including phenoxy) is 2. The summed E-state index contributed by atoms with van der Waals surface area (Å²) < 4.78 is 10.5. The van der Waals surface area contributed by atoms with Crippen LogP contribution in [0.15, 0.2) is 24.4 Å². The minimum atomic E-state index is 0.191. The molecule has 0 amide bonds. The molecule has 0 aliphatic heterocycles. The summed E-state index contributed by atoms with van der Waals surface area (Å²) in [5.41, 5.74) is 7.24. The van der Waals surface area contributed by atoms with Crippen molar-refractivity contribution in [2.24, 2.45) is 0 Å². The molecule has 0 aliphatic carbocycles. The predicted molar refractivity (Wildman–Crippen MR) is 69.3 cm³/mol. The van der Waals surface area contributed by atoms with Crippen molar-refractivity contribution in [3.05, 3.63) is 35.0 Å². The quantitative estimate of drug-likeness (QED) is 0.864. The summed E-state index contributed by atoms with van der Waals surface area (Å²) in [6.07, 6.45) is 1.42. The smallest absolute Gasteiger partial charge is 0.319 e. The third kappa shape index (κ3) is 2.62. The number of rotatable bonds is 3. The van der Waals surface area contributed by atoms with Crippen LogP contribution in [-0.4, -0.2) is 17.1 Å². The number of anilines is 1.